The molecule has 0 unspecified atom stereocenters. The molecule has 0 aromatic rings. The van der Waals surface area contributed by atoms with Gasteiger partial charge in [0.2, 0.25) is 5.91 Å². The lowest BCUT2D eigenvalue weighted by atomic mass is 9.96. The van der Waals surface area contributed by atoms with Crippen molar-refractivity contribution >= 4 is 19.7 Å². The first-order valence-electron chi connectivity index (χ1n) is 18.4. The van der Waals surface area contributed by atoms with Crippen molar-refractivity contribution in [1.29, 1.82) is 0 Å². The number of hydrogen-bond acceptors (Lipinski definition) is 9. The van der Waals surface area contributed by atoms with E-state index < -0.39 is 63.1 Å². The van der Waals surface area contributed by atoms with Crippen LogP contribution in [0.5, 0.6) is 0 Å². The first-order chi connectivity index (χ1) is 22.5. The Kier molecular flexibility index (Phi) is 25.0. The Hall–Kier alpha value is -1.11. The highest BCUT2D eigenvalue weighted by molar-refractivity contribution is 7.46. The molecule has 1 fully saturated rings. The smallest absolute Gasteiger partial charge is 0.457 e. The summed E-state index contributed by atoms with van der Waals surface area (Å²) in [6, 6.07) is -1.51. The van der Waals surface area contributed by atoms with Crippen LogP contribution < -0.4 is 5.32 Å². The van der Waals surface area contributed by atoms with E-state index in [1.165, 1.54) is 70.6 Å². The molecule has 1 rings (SSSR count). The van der Waals surface area contributed by atoms with Gasteiger partial charge in [0.05, 0.1) is 19.1 Å². The predicted molar refractivity (Wildman–Crippen MR) is 180 cm³/mol. The Morgan fingerprint density at radius 3 is 1.72 bits per heavy atom. The first kappa shape index (κ1) is 43.9. The molecule has 278 valence electrons. The van der Waals surface area contributed by atoms with Gasteiger partial charge in [-0.3, -0.25) is 14.1 Å². The Bertz CT molecular complexity index is 858. The third-order valence-electron chi connectivity index (χ3n) is 8.74. The number of phosphoric ester groups is 1. The molecular weight excluding hydrogens is 629 g/mol. The number of phosphoric acid groups is 1. The minimum atomic E-state index is -5.16. The number of amides is 1. The molecule has 1 aliphatic heterocycles. The lowest BCUT2D eigenvalue weighted by Crippen LogP contribution is -2.65. The molecule has 1 aliphatic rings. The number of carbonyl (C=O) groups is 2. The molecule has 0 aromatic heterocycles. The summed E-state index contributed by atoms with van der Waals surface area (Å²) >= 11 is 0. The van der Waals surface area contributed by atoms with E-state index in [0.717, 1.165) is 51.4 Å². The van der Waals surface area contributed by atoms with Gasteiger partial charge >= 0.3 is 13.8 Å². The molecule has 1 saturated heterocycles. The van der Waals surface area contributed by atoms with E-state index in [2.05, 4.69) is 19.2 Å². The molecule has 0 saturated carbocycles. The minimum absolute atomic E-state index is 0.0486. The largest absolute Gasteiger partial charge is 0.472 e. The second kappa shape index (κ2) is 26.7. The number of hydrogen-bond donors (Lipinski definition) is 6. The third kappa shape index (κ3) is 21.6. The summed E-state index contributed by atoms with van der Waals surface area (Å²) in [5.41, 5.74) is 0. The van der Waals surface area contributed by atoms with Gasteiger partial charge < -0.3 is 39.9 Å². The summed E-state index contributed by atoms with van der Waals surface area (Å²) in [6.45, 7) is 3.63. The van der Waals surface area contributed by atoms with Crippen LogP contribution in [-0.4, -0.2) is 80.3 Å². The monoisotopic (exact) mass is 695 g/mol. The van der Waals surface area contributed by atoms with Gasteiger partial charge in [0.15, 0.2) is 12.4 Å². The molecule has 0 bridgehead atoms. The number of unbranched alkanes of at least 4 members (excludes halogenated alkanes) is 18. The maximum Gasteiger partial charge on any atom is 0.472 e. The van der Waals surface area contributed by atoms with Crippen LogP contribution in [0.15, 0.2) is 0 Å². The predicted octanol–water partition coefficient (Wildman–Crippen LogP) is 5.94. The molecule has 1 heterocycles. The molecule has 0 aliphatic carbocycles. The summed E-state index contributed by atoms with van der Waals surface area (Å²) in [7, 11) is -5.16. The van der Waals surface area contributed by atoms with Crippen molar-refractivity contribution in [3.05, 3.63) is 0 Å². The lowest BCUT2D eigenvalue weighted by Gasteiger charge is -2.43. The number of rotatable bonds is 29. The molecule has 6 N–H and O–H groups in total. The summed E-state index contributed by atoms with van der Waals surface area (Å²) in [4.78, 5) is 44.6. The van der Waals surface area contributed by atoms with Gasteiger partial charge in [-0.15, -0.1) is 0 Å². The van der Waals surface area contributed by atoms with Crippen LogP contribution in [0.25, 0.3) is 0 Å². The molecule has 0 radical (unpaired) electrons. The summed E-state index contributed by atoms with van der Waals surface area (Å²) in [6.07, 6.45) is 15.0. The van der Waals surface area contributed by atoms with Crippen LogP contribution in [0.2, 0.25) is 0 Å². The molecule has 6 atom stereocenters. The van der Waals surface area contributed by atoms with E-state index in [9.17, 15) is 39.3 Å². The number of esters is 1. The molecule has 0 aromatic carbocycles. The van der Waals surface area contributed by atoms with E-state index in [0.29, 0.717) is 12.8 Å². The fraction of sp³-hybridized carbons (Fsp3) is 0.941. The van der Waals surface area contributed by atoms with Gasteiger partial charge in [0.1, 0.15) is 18.2 Å². The highest BCUT2D eigenvalue weighted by Crippen LogP contribution is 2.41. The second-order valence-electron chi connectivity index (χ2n) is 13.1. The molecule has 12 nitrogen and oxygen atoms in total. The molecule has 47 heavy (non-hydrogen) atoms. The van der Waals surface area contributed by atoms with Crippen LogP contribution >= 0.6 is 7.82 Å². The van der Waals surface area contributed by atoms with Crippen LogP contribution in [-0.2, 0) is 28.2 Å². The number of carbonyl (C=O) groups excluding carboxylic acids is 2. The number of aliphatic hydroxyl groups is 3. The molecular formula is C34H66NO11P. The SMILES string of the molecule is CCCCCCCCCCCCCC(=O)O[C@H]1[C@H](O)[C@@H](CO)O[C@H](OP(=O)(O)O)[C@H]1NC(=O)C[C@H](O)CCCCCCCCCCC. The minimum Gasteiger partial charge on any atom is -0.457 e. The van der Waals surface area contributed by atoms with Gasteiger partial charge in [-0.2, -0.15) is 0 Å². The average molecular weight is 696 g/mol. The second-order valence-corrected chi connectivity index (χ2v) is 14.3. The van der Waals surface area contributed by atoms with Gasteiger partial charge in [0.25, 0.3) is 0 Å². The fourth-order valence-electron chi connectivity index (χ4n) is 5.98. The van der Waals surface area contributed by atoms with E-state index >= 15 is 0 Å². The Balaban J connectivity index is 2.63. The van der Waals surface area contributed by atoms with Gasteiger partial charge in [-0.05, 0) is 12.8 Å². The number of ether oxygens (including phenoxy) is 2. The summed E-state index contributed by atoms with van der Waals surface area (Å²) in [5, 5.41) is 33.5. The molecule has 13 heteroatoms. The van der Waals surface area contributed by atoms with Crippen LogP contribution in [0.3, 0.4) is 0 Å². The zero-order chi connectivity index (χ0) is 34.9. The summed E-state index contributed by atoms with van der Waals surface area (Å²) < 4.78 is 27.4. The zero-order valence-corrected chi connectivity index (χ0v) is 30.0. The van der Waals surface area contributed by atoms with E-state index in [-0.39, 0.29) is 12.8 Å². The van der Waals surface area contributed by atoms with E-state index in [4.69, 9.17) is 14.0 Å². The lowest BCUT2D eigenvalue weighted by molar-refractivity contribution is -0.253. The van der Waals surface area contributed by atoms with Crippen LogP contribution in [0.4, 0.5) is 0 Å². The van der Waals surface area contributed by atoms with Crippen molar-refractivity contribution in [2.75, 3.05) is 6.61 Å². The third-order valence-corrected chi connectivity index (χ3v) is 9.22. The standard InChI is InChI=1S/C34H66NO11P/c1-3-5-7-9-11-13-14-16-18-20-22-24-30(39)45-33-31(34(46-47(41,42)43)44-28(26-36)32(33)40)35-29(38)25-27(37)23-21-19-17-15-12-10-8-6-4-2/h27-28,31-34,36-37,40H,3-26H2,1-2H3,(H,35,38)(H2,41,42,43)/t27-,28-,31+,32-,33-,34-/m1/s1. The van der Waals surface area contributed by atoms with Crippen molar-refractivity contribution in [3.63, 3.8) is 0 Å². The quantitative estimate of drug-likeness (QED) is 0.0308. The molecule has 0 spiro atoms. The highest BCUT2D eigenvalue weighted by Gasteiger charge is 2.50. The zero-order valence-electron chi connectivity index (χ0n) is 29.1. The Labute approximate surface area is 283 Å². The van der Waals surface area contributed by atoms with Crippen molar-refractivity contribution < 1.29 is 53.3 Å². The van der Waals surface area contributed by atoms with Crippen molar-refractivity contribution in [2.45, 2.75) is 198 Å². The van der Waals surface area contributed by atoms with Crippen molar-refractivity contribution in [1.82, 2.24) is 5.32 Å². The number of nitrogens with one attached hydrogen (secondary N) is 1. The first-order valence-corrected chi connectivity index (χ1v) is 19.9. The van der Waals surface area contributed by atoms with Crippen molar-refractivity contribution in [2.24, 2.45) is 0 Å². The number of aliphatic hydroxyl groups excluding tert-OH is 3. The van der Waals surface area contributed by atoms with Gasteiger partial charge in [0, 0.05) is 6.42 Å². The Morgan fingerprint density at radius 1 is 0.787 bits per heavy atom. The Morgan fingerprint density at radius 2 is 1.26 bits per heavy atom. The van der Waals surface area contributed by atoms with E-state index in [1.807, 2.05) is 0 Å². The van der Waals surface area contributed by atoms with Gasteiger partial charge in [-0.25, -0.2) is 4.57 Å². The van der Waals surface area contributed by atoms with Crippen molar-refractivity contribution in [3.8, 4) is 0 Å². The van der Waals surface area contributed by atoms with E-state index in [1.54, 1.807) is 0 Å². The summed E-state index contributed by atoms with van der Waals surface area (Å²) in [5.74, 6) is -1.36. The van der Waals surface area contributed by atoms with Crippen LogP contribution in [0.1, 0.15) is 162 Å². The van der Waals surface area contributed by atoms with Gasteiger partial charge in [-0.1, -0.05) is 136 Å². The maximum atomic E-state index is 12.9. The molecule has 1 amide bonds. The van der Waals surface area contributed by atoms with Crippen LogP contribution in [0, 0.1) is 0 Å². The topological polar surface area (TPSA) is 192 Å². The average Bonchev–Trinajstić information content (AvgIpc) is 3.01. The highest BCUT2D eigenvalue weighted by atomic mass is 31.2. The fourth-order valence-corrected chi connectivity index (χ4v) is 6.43. The maximum absolute atomic E-state index is 12.9. The normalized spacial score (nSPS) is 22.2.